The number of hydrogen-bond acceptors (Lipinski definition) is 1. The highest BCUT2D eigenvalue weighted by molar-refractivity contribution is 6.31. The molecule has 1 fully saturated rings. The Labute approximate surface area is 120 Å². The van der Waals surface area contributed by atoms with Crippen LogP contribution in [0.1, 0.15) is 51.0 Å². The fourth-order valence-electron chi connectivity index (χ4n) is 3.19. The highest BCUT2D eigenvalue weighted by Gasteiger charge is 2.35. The van der Waals surface area contributed by atoms with Crippen molar-refractivity contribution in [3.63, 3.8) is 0 Å². The monoisotopic (exact) mass is 283 g/mol. The first-order chi connectivity index (χ1) is 9.18. The Bertz CT molecular complexity index is 413. The zero-order valence-electron chi connectivity index (χ0n) is 11.6. The van der Waals surface area contributed by atoms with Crippen molar-refractivity contribution < 1.29 is 4.39 Å². The molecular weight excluding hydrogens is 261 g/mol. The minimum atomic E-state index is -0.249. The third-order valence-electron chi connectivity index (χ3n) is 4.20. The van der Waals surface area contributed by atoms with Gasteiger partial charge in [-0.25, -0.2) is 4.39 Å². The fourth-order valence-corrected chi connectivity index (χ4v) is 3.56. The van der Waals surface area contributed by atoms with Crippen LogP contribution in [0.15, 0.2) is 18.2 Å². The van der Waals surface area contributed by atoms with Crippen molar-refractivity contribution in [2.45, 2.75) is 50.9 Å². The molecule has 3 heteroatoms. The molecule has 0 amide bonds. The Morgan fingerprint density at radius 1 is 1.26 bits per heavy atom. The molecule has 0 spiro atoms. The Hall–Kier alpha value is -0.600. The van der Waals surface area contributed by atoms with Crippen LogP contribution in [0.3, 0.4) is 0 Å². The molecule has 0 atom stereocenters. The number of nitrogens with one attached hydrogen (secondary N) is 1. The van der Waals surface area contributed by atoms with Crippen molar-refractivity contribution in [3.8, 4) is 0 Å². The molecule has 0 aliphatic heterocycles. The van der Waals surface area contributed by atoms with Crippen LogP contribution < -0.4 is 5.32 Å². The average Bonchev–Trinajstić information content (AvgIpc) is 2.40. The second kappa shape index (κ2) is 6.71. The molecule has 0 unspecified atom stereocenters. The molecule has 0 aromatic heterocycles. The Balaban J connectivity index is 2.25. The predicted molar refractivity (Wildman–Crippen MR) is 79.3 cm³/mol. The molecule has 0 saturated heterocycles. The molecule has 106 valence electrons. The minimum absolute atomic E-state index is 0.0954. The summed E-state index contributed by atoms with van der Waals surface area (Å²) in [6.07, 6.45) is 7.20. The van der Waals surface area contributed by atoms with Gasteiger partial charge in [0.05, 0.1) is 0 Å². The van der Waals surface area contributed by atoms with Crippen molar-refractivity contribution in [1.82, 2.24) is 5.32 Å². The van der Waals surface area contributed by atoms with Crippen molar-refractivity contribution >= 4 is 11.6 Å². The van der Waals surface area contributed by atoms with Gasteiger partial charge in [0.25, 0.3) is 0 Å². The highest BCUT2D eigenvalue weighted by atomic mass is 35.5. The SMILES string of the molecule is CCCNCC1(c2ccc(F)cc2Cl)CCCCC1. The summed E-state index contributed by atoms with van der Waals surface area (Å²) in [5, 5.41) is 4.12. The molecule has 1 aliphatic rings. The van der Waals surface area contributed by atoms with Gasteiger partial charge in [0.2, 0.25) is 0 Å². The van der Waals surface area contributed by atoms with E-state index in [1.807, 2.05) is 6.07 Å². The van der Waals surface area contributed by atoms with Crippen LogP contribution in [0.25, 0.3) is 0 Å². The summed E-state index contributed by atoms with van der Waals surface area (Å²) >= 11 is 6.30. The maximum Gasteiger partial charge on any atom is 0.124 e. The Morgan fingerprint density at radius 2 is 2.00 bits per heavy atom. The zero-order valence-corrected chi connectivity index (χ0v) is 12.4. The lowest BCUT2D eigenvalue weighted by atomic mass is 9.69. The van der Waals surface area contributed by atoms with Crippen LogP contribution in [0.4, 0.5) is 4.39 Å². The maximum atomic E-state index is 13.2. The van der Waals surface area contributed by atoms with Gasteiger partial charge >= 0.3 is 0 Å². The van der Waals surface area contributed by atoms with Gasteiger partial charge in [-0.2, -0.15) is 0 Å². The summed E-state index contributed by atoms with van der Waals surface area (Å²) in [5.41, 5.74) is 1.22. The van der Waals surface area contributed by atoms with E-state index in [1.54, 1.807) is 0 Å². The van der Waals surface area contributed by atoms with E-state index in [2.05, 4.69) is 12.2 Å². The van der Waals surface area contributed by atoms with Crippen LogP contribution in [0.5, 0.6) is 0 Å². The topological polar surface area (TPSA) is 12.0 Å². The van der Waals surface area contributed by atoms with E-state index in [-0.39, 0.29) is 11.2 Å². The maximum absolute atomic E-state index is 13.2. The van der Waals surface area contributed by atoms with Crippen molar-refractivity contribution in [1.29, 1.82) is 0 Å². The van der Waals surface area contributed by atoms with Crippen LogP contribution in [-0.4, -0.2) is 13.1 Å². The first kappa shape index (κ1) is 14.8. The van der Waals surface area contributed by atoms with Crippen LogP contribution in [-0.2, 0) is 5.41 Å². The van der Waals surface area contributed by atoms with Gasteiger partial charge in [0.1, 0.15) is 5.82 Å². The third kappa shape index (κ3) is 3.49. The summed E-state index contributed by atoms with van der Waals surface area (Å²) in [6, 6.07) is 4.88. The molecule has 0 heterocycles. The van der Waals surface area contributed by atoms with Gasteiger partial charge in [0.15, 0.2) is 0 Å². The van der Waals surface area contributed by atoms with Gasteiger partial charge in [0, 0.05) is 17.0 Å². The summed E-state index contributed by atoms with van der Waals surface area (Å²) in [5.74, 6) is -0.249. The summed E-state index contributed by atoms with van der Waals surface area (Å²) in [6.45, 7) is 4.15. The van der Waals surface area contributed by atoms with E-state index in [1.165, 1.54) is 31.4 Å². The summed E-state index contributed by atoms with van der Waals surface area (Å²) in [7, 11) is 0. The van der Waals surface area contributed by atoms with E-state index < -0.39 is 0 Å². The standard InChI is InChI=1S/C16H23ClFN/c1-2-10-19-12-16(8-4-3-5-9-16)14-7-6-13(18)11-15(14)17/h6-7,11,19H,2-5,8-10,12H2,1H3. The number of halogens is 2. The van der Waals surface area contributed by atoms with Gasteiger partial charge in [-0.15, -0.1) is 0 Å². The van der Waals surface area contributed by atoms with Gasteiger partial charge in [-0.3, -0.25) is 0 Å². The van der Waals surface area contributed by atoms with Crippen molar-refractivity contribution in [3.05, 3.63) is 34.6 Å². The number of hydrogen-bond donors (Lipinski definition) is 1. The molecule has 1 saturated carbocycles. The molecule has 1 nitrogen and oxygen atoms in total. The van der Waals surface area contributed by atoms with E-state index in [0.717, 1.165) is 37.9 Å². The normalized spacial score (nSPS) is 18.5. The minimum Gasteiger partial charge on any atom is -0.316 e. The van der Waals surface area contributed by atoms with Gasteiger partial charge in [-0.05, 0) is 43.5 Å². The quantitative estimate of drug-likeness (QED) is 0.774. The first-order valence-electron chi connectivity index (χ1n) is 7.34. The molecule has 1 aromatic carbocycles. The lowest BCUT2D eigenvalue weighted by Gasteiger charge is -2.39. The largest absolute Gasteiger partial charge is 0.316 e. The Morgan fingerprint density at radius 3 is 2.63 bits per heavy atom. The molecule has 1 N–H and O–H groups in total. The second-order valence-corrected chi connectivity index (χ2v) is 6.05. The van der Waals surface area contributed by atoms with Crippen LogP contribution >= 0.6 is 11.6 Å². The molecule has 1 aromatic rings. The molecule has 1 aliphatic carbocycles. The second-order valence-electron chi connectivity index (χ2n) is 5.64. The van der Waals surface area contributed by atoms with Crippen molar-refractivity contribution in [2.24, 2.45) is 0 Å². The van der Waals surface area contributed by atoms with Crippen LogP contribution in [0.2, 0.25) is 5.02 Å². The third-order valence-corrected chi connectivity index (χ3v) is 4.52. The number of benzene rings is 1. The van der Waals surface area contributed by atoms with E-state index in [4.69, 9.17) is 11.6 Å². The molecule has 19 heavy (non-hydrogen) atoms. The van der Waals surface area contributed by atoms with E-state index >= 15 is 0 Å². The Kier molecular flexibility index (Phi) is 5.23. The smallest absolute Gasteiger partial charge is 0.124 e. The van der Waals surface area contributed by atoms with Gasteiger partial charge in [-0.1, -0.05) is 43.9 Å². The predicted octanol–water partition coefficient (Wildman–Crippen LogP) is 4.68. The lowest BCUT2D eigenvalue weighted by molar-refractivity contribution is 0.280. The summed E-state index contributed by atoms with van der Waals surface area (Å²) < 4.78 is 13.2. The summed E-state index contributed by atoms with van der Waals surface area (Å²) in [4.78, 5) is 0. The van der Waals surface area contributed by atoms with Crippen molar-refractivity contribution in [2.75, 3.05) is 13.1 Å². The zero-order chi connectivity index (χ0) is 13.7. The van der Waals surface area contributed by atoms with E-state index in [0.29, 0.717) is 5.02 Å². The molecular formula is C16H23ClFN. The fraction of sp³-hybridized carbons (Fsp3) is 0.625. The first-order valence-corrected chi connectivity index (χ1v) is 7.72. The average molecular weight is 284 g/mol. The molecule has 0 bridgehead atoms. The molecule has 2 rings (SSSR count). The van der Waals surface area contributed by atoms with Gasteiger partial charge < -0.3 is 5.32 Å². The lowest BCUT2D eigenvalue weighted by Crippen LogP contribution is -2.40. The van der Waals surface area contributed by atoms with Crippen LogP contribution in [0, 0.1) is 5.82 Å². The van der Waals surface area contributed by atoms with E-state index in [9.17, 15) is 4.39 Å². The molecule has 0 radical (unpaired) electrons. The highest BCUT2D eigenvalue weighted by Crippen LogP contribution is 2.42. The number of rotatable bonds is 5.